The summed E-state index contributed by atoms with van der Waals surface area (Å²) in [6, 6.07) is 0. The summed E-state index contributed by atoms with van der Waals surface area (Å²) >= 11 is 1.62. The Labute approximate surface area is 148 Å². The summed E-state index contributed by atoms with van der Waals surface area (Å²) in [4.78, 5) is 21.6. The number of nitrogens with zero attached hydrogens (tertiary/aromatic N) is 5. The van der Waals surface area contributed by atoms with Crippen LogP contribution in [-0.4, -0.2) is 37.2 Å². The lowest BCUT2D eigenvalue weighted by Gasteiger charge is -2.19. The Hall–Kier alpha value is -2.55. The number of hydrogen-bond donors (Lipinski definition) is 2. The fourth-order valence-electron chi connectivity index (χ4n) is 2.95. The zero-order valence-electron chi connectivity index (χ0n) is 14.3. The monoisotopic (exact) mass is 357 g/mol. The van der Waals surface area contributed by atoms with E-state index in [4.69, 9.17) is 0 Å². The van der Waals surface area contributed by atoms with Crippen LogP contribution in [0.25, 0.3) is 10.2 Å². The first kappa shape index (κ1) is 15.9. The predicted molar refractivity (Wildman–Crippen MR) is 95.8 cm³/mol. The highest BCUT2D eigenvalue weighted by Gasteiger charge is 2.24. The van der Waals surface area contributed by atoms with E-state index in [-0.39, 0.29) is 11.3 Å². The lowest BCUT2D eigenvalue weighted by molar-refractivity contribution is 0.0921. The predicted octanol–water partition coefficient (Wildman–Crippen LogP) is 1.94. The number of carbonyl (C=O) groups excluding carboxylic acids is 1. The molecule has 1 amide bonds. The van der Waals surface area contributed by atoms with Crippen molar-refractivity contribution in [3.8, 4) is 0 Å². The SMILES string of the molecule is CC(C)(C)c1csc2ncnc(NCc3nnc4n3CCNC4=O)c12. The summed E-state index contributed by atoms with van der Waals surface area (Å²) in [6.45, 7) is 8.26. The van der Waals surface area contributed by atoms with Gasteiger partial charge in [-0.2, -0.15) is 0 Å². The van der Waals surface area contributed by atoms with Crippen molar-refractivity contribution < 1.29 is 4.79 Å². The first-order chi connectivity index (χ1) is 11.9. The summed E-state index contributed by atoms with van der Waals surface area (Å²) in [5.74, 6) is 1.70. The largest absolute Gasteiger partial charge is 0.362 e. The summed E-state index contributed by atoms with van der Waals surface area (Å²) < 4.78 is 1.85. The third-order valence-electron chi connectivity index (χ3n) is 4.24. The van der Waals surface area contributed by atoms with Crippen molar-refractivity contribution in [3.05, 3.63) is 28.9 Å². The molecule has 0 spiro atoms. The number of rotatable bonds is 3. The van der Waals surface area contributed by atoms with Gasteiger partial charge in [0.2, 0.25) is 5.82 Å². The van der Waals surface area contributed by atoms with Gasteiger partial charge in [0.25, 0.3) is 5.91 Å². The van der Waals surface area contributed by atoms with E-state index in [0.29, 0.717) is 25.5 Å². The molecule has 0 atom stereocenters. The Morgan fingerprint density at radius 2 is 2.16 bits per heavy atom. The summed E-state index contributed by atoms with van der Waals surface area (Å²) in [5.41, 5.74) is 1.23. The van der Waals surface area contributed by atoms with Gasteiger partial charge in [0.05, 0.1) is 11.9 Å². The second-order valence-corrected chi connectivity index (χ2v) is 7.86. The Morgan fingerprint density at radius 1 is 1.32 bits per heavy atom. The molecule has 2 N–H and O–H groups in total. The smallest absolute Gasteiger partial charge is 0.289 e. The highest BCUT2D eigenvalue weighted by Crippen LogP contribution is 2.36. The van der Waals surface area contributed by atoms with E-state index in [1.807, 2.05) is 4.57 Å². The Morgan fingerprint density at radius 3 is 2.96 bits per heavy atom. The van der Waals surface area contributed by atoms with Crippen molar-refractivity contribution >= 4 is 33.3 Å². The molecule has 25 heavy (non-hydrogen) atoms. The van der Waals surface area contributed by atoms with Crippen LogP contribution in [-0.2, 0) is 18.5 Å². The molecule has 4 heterocycles. The zero-order valence-corrected chi connectivity index (χ0v) is 15.1. The van der Waals surface area contributed by atoms with Crippen molar-refractivity contribution in [1.29, 1.82) is 0 Å². The molecule has 0 saturated heterocycles. The zero-order chi connectivity index (χ0) is 17.6. The second kappa shape index (κ2) is 5.76. The number of nitrogens with one attached hydrogen (secondary N) is 2. The minimum Gasteiger partial charge on any atom is -0.362 e. The lowest BCUT2D eigenvalue weighted by Crippen LogP contribution is -2.36. The van der Waals surface area contributed by atoms with Gasteiger partial charge in [0.1, 0.15) is 17.0 Å². The van der Waals surface area contributed by atoms with E-state index in [9.17, 15) is 4.79 Å². The Balaban J connectivity index is 1.66. The van der Waals surface area contributed by atoms with Crippen molar-refractivity contribution in [2.45, 2.75) is 39.3 Å². The van der Waals surface area contributed by atoms with Gasteiger partial charge >= 0.3 is 0 Å². The van der Waals surface area contributed by atoms with Crippen LogP contribution in [0.2, 0.25) is 0 Å². The number of anilines is 1. The number of amides is 1. The Bertz CT molecular complexity index is 953. The van der Waals surface area contributed by atoms with Crippen molar-refractivity contribution in [2.24, 2.45) is 0 Å². The average molecular weight is 357 g/mol. The summed E-state index contributed by atoms with van der Waals surface area (Å²) in [6.07, 6.45) is 1.57. The van der Waals surface area contributed by atoms with E-state index in [0.717, 1.165) is 21.9 Å². The number of aromatic nitrogens is 5. The molecule has 3 aromatic heterocycles. The Kier molecular flexibility index (Phi) is 3.68. The van der Waals surface area contributed by atoms with E-state index >= 15 is 0 Å². The topological polar surface area (TPSA) is 97.6 Å². The summed E-state index contributed by atoms with van der Waals surface area (Å²) in [7, 11) is 0. The molecular formula is C16H19N7OS. The van der Waals surface area contributed by atoms with Gasteiger partial charge in [-0.15, -0.1) is 21.5 Å². The third-order valence-corrected chi connectivity index (χ3v) is 5.13. The van der Waals surface area contributed by atoms with Crippen LogP contribution in [0.3, 0.4) is 0 Å². The number of fused-ring (bicyclic) bond motifs is 2. The van der Waals surface area contributed by atoms with Gasteiger partial charge in [-0.05, 0) is 16.4 Å². The van der Waals surface area contributed by atoms with Crippen LogP contribution in [0, 0.1) is 0 Å². The molecule has 0 bridgehead atoms. The van der Waals surface area contributed by atoms with E-state index in [2.05, 4.69) is 57.0 Å². The number of thiophene rings is 1. The molecule has 0 fully saturated rings. The van der Waals surface area contributed by atoms with Crippen molar-refractivity contribution in [3.63, 3.8) is 0 Å². The minimum absolute atomic E-state index is 0.00547. The number of carbonyl (C=O) groups is 1. The van der Waals surface area contributed by atoms with Gasteiger partial charge in [-0.1, -0.05) is 20.8 Å². The van der Waals surface area contributed by atoms with Crippen LogP contribution < -0.4 is 10.6 Å². The first-order valence-electron chi connectivity index (χ1n) is 8.12. The maximum absolute atomic E-state index is 11.8. The molecule has 3 aromatic rings. The fraction of sp³-hybridized carbons (Fsp3) is 0.438. The van der Waals surface area contributed by atoms with E-state index in [1.165, 1.54) is 5.56 Å². The molecule has 1 aliphatic heterocycles. The molecule has 8 nitrogen and oxygen atoms in total. The second-order valence-electron chi connectivity index (χ2n) is 7.00. The van der Waals surface area contributed by atoms with Gasteiger partial charge in [-0.25, -0.2) is 9.97 Å². The standard InChI is InChI=1S/C16H19N7OS/c1-16(2,3)9-7-25-15-11(9)12(19-8-20-15)18-6-10-21-22-13-14(24)17-4-5-23(10)13/h7-8H,4-6H2,1-3H3,(H,17,24)(H,18,19,20). The molecule has 0 radical (unpaired) electrons. The fourth-order valence-corrected chi connectivity index (χ4v) is 4.09. The number of hydrogen-bond acceptors (Lipinski definition) is 7. The lowest BCUT2D eigenvalue weighted by atomic mass is 9.87. The molecule has 0 aliphatic carbocycles. The quantitative estimate of drug-likeness (QED) is 0.743. The van der Waals surface area contributed by atoms with Crippen LogP contribution in [0.5, 0.6) is 0 Å². The molecule has 0 unspecified atom stereocenters. The van der Waals surface area contributed by atoms with Gasteiger partial charge < -0.3 is 15.2 Å². The molecule has 9 heteroatoms. The van der Waals surface area contributed by atoms with Gasteiger partial charge in [-0.3, -0.25) is 4.79 Å². The van der Waals surface area contributed by atoms with Gasteiger partial charge in [0.15, 0.2) is 5.82 Å². The highest BCUT2D eigenvalue weighted by molar-refractivity contribution is 7.17. The molecule has 0 saturated carbocycles. The van der Waals surface area contributed by atoms with Crippen LogP contribution in [0.15, 0.2) is 11.7 Å². The summed E-state index contributed by atoms with van der Waals surface area (Å²) in [5, 5.41) is 17.5. The van der Waals surface area contributed by atoms with Crippen LogP contribution >= 0.6 is 11.3 Å². The average Bonchev–Trinajstić information content (AvgIpc) is 3.17. The van der Waals surface area contributed by atoms with Gasteiger partial charge in [0, 0.05) is 13.1 Å². The van der Waals surface area contributed by atoms with Crippen molar-refractivity contribution in [1.82, 2.24) is 30.0 Å². The van der Waals surface area contributed by atoms with E-state index < -0.39 is 0 Å². The van der Waals surface area contributed by atoms with Crippen molar-refractivity contribution in [2.75, 3.05) is 11.9 Å². The van der Waals surface area contributed by atoms with E-state index in [1.54, 1.807) is 17.7 Å². The van der Waals surface area contributed by atoms with Crippen LogP contribution in [0.4, 0.5) is 5.82 Å². The molecular weight excluding hydrogens is 338 g/mol. The highest BCUT2D eigenvalue weighted by atomic mass is 32.1. The normalized spacial score (nSPS) is 14.4. The maximum atomic E-state index is 11.8. The first-order valence-corrected chi connectivity index (χ1v) is 9.00. The third kappa shape index (κ3) is 2.74. The minimum atomic E-state index is -0.178. The molecule has 4 rings (SSSR count). The molecule has 0 aromatic carbocycles. The maximum Gasteiger partial charge on any atom is 0.289 e. The molecule has 130 valence electrons. The molecule has 1 aliphatic rings. The van der Waals surface area contributed by atoms with Crippen LogP contribution in [0.1, 0.15) is 42.8 Å².